The van der Waals surface area contributed by atoms with Gasteiger partial charge in [-0.15, -0.1) is 0 Å². The summed E-state index contributed by atoms with van der Waals surface area (Å²) in [4.78, 5) is 16.1. The van der Waals surface area contributed by atoms with E-state index in [9.17, 15) is 31.1 Å². The molecular weight excluding hydrogens is 461 g/mol. The molecule has 0 aliphatic heterocycles. The lowest BCUT2D eigenvalue weighted by Crippen LogP contribution is -2.23. The molecule has 0 saturated heterocycles. The summed E-state index contributed by atoms with van der Waals surface area (Å²) in [6.07, 6.45) is -9.63. The second-order valence-corrected chi connectivity index (χ2v) is 6.62. The third kappa shape index (κ3) is 6.27. The standard InChI is InChI=1S/C18H12Cl2F6N2O2/c1-9-14(19)12(6-7-27-9)28-13(29)8-10-2-4-11(5-3-10)30-16(18(24,25)26)15(20)17(21,22)23/h2-7H,8H2,1H3,(H,27,28,29)/b16-15+. The predicted molar refractivity (Wildman–Crippen MR) is 98.4 cm³/mol. The van der Waals surface area contributed by atoms with Crippen LogP contribution in [0.15, 0.2) is 47.3 Å². The van der Waals surface area contributed by atoms with E-state index in [1.807, 2.05) is 0 Å². The number of alkyl halides is 6. The molecule has 0 unspecified atom stereocenters. The van der Waals surface area contributed by atoms with Crippen molar-refractivity contribution in [1.82, 2.24) is 4.98 Å². The number of aromatic nitrogens is 1. The smallest absolute Gasteiger partial charge is 0.451 e. The van der Waals surface area contributed by atoms with Gasteiger partial charge < -0.3 is 10.1 Å². The summed E-state index contributed by atoms with van der Waals surface area (Å²) in [5.74, 6) is -3.40. The van der Waals surface area contributed by atoms with E-state index in [4.69, 9.17) is 23.2 Å². The Morgan fingerprint density at radius 1 is 1.07 bits per heavy atom. The highest BCUT2D eigenvalue weighted by Crippen LogP contribution is 2.39. The zero-order valence-corrected chi connectivity index (χ0v) is 16.5. The first-order chi connectivity index (χ1) is 13.8. The third-order valence-corrected chi connectivity index (χ3v) is 4.41. The van der Waals surface area contributed by atoms with Gasteiger partial charge in [-0.25, -0.2) is 0 Å². The molecule has 30 heavy (non-hydrogen) atoms. The van der Waals surface area contributed by atoms with Crippen LogP contribution in [0.4, 0.5) is 32.0 Å². The van der Waals surface area contributed by atoms with Gasteiger partial charge in [0, 0.05) is 6.20 Å². The van der Waals surface area contributed by atoms with Crippen molar-refractivity contribution >= 4 is 34.8 Å². The van der Waals surface area contributed by atoms with Crippen LogP contribution in [-0.2, 0) is 11.2 Å². The Morgan fingerprint density at radius 3 is 2.20 bits per heavy atom. The third-order valence-electron chi connectivity index (χ3n) is 3.55. The molecular formula is C18H12Cl2F6N2O2. The highest BCUT2D eigenvalue weighted by atomic mass is 35.5. The highest BCUT2D eigenvalue weighted by molar-refractivity contribution is 6.34. The number of carbonyl (C=O) groups is 1. The van der Waals surface area contributed by atoms with E-state index in [1.165, 1.54) is 24.4 Å². The molecule has 162 valence electrons. The molecule has 0 bridgehead atoms. The Kier molecular flexibility index (Phi) is 7.25. The topological polar surface area (TPSA) is 51.2 Å². The minimum absolute atomic E-state index is 0.177. The Balaban J connectivity index is 2.12. The minimum atomic E-state index is -5.47. The molecule has 0 aliphatic carbocycles. The summed E-state index contributed by atoms with van der Waals surface area (Å²) in [6.45, 7) is 1.64. The van der Waals surface area contributed by atoms with Crippen molar-refractivity contribution in [3.8, 4) is 5.75 Å². The van der Waals surface area contributed by atoms with Crippen molar-refractivity contribution in [2.75, 3.05) is 5.32 Å². The second-order valence-electron chi connectivity index (χ2n) is 5.87. The lowest BCUT2D eigenvalue weighted by molar-refractivity contribution is -0.130. The molecule has 2 aromatic rings. The van der Waals surface area contributed by atoms with Crippen molar-refractivity contribution in [2.45, 2.75) is 25.7 Å². The fraction of sp³-hybridized carbons (Fsp3) is 0.222. The molecule has 12 heteroatoms. The van der Waals surface area contributed by atoms with Gasteiger partial charge in [0.25, 0.3) is 0 Å². The van der Waals surface area contributed by atoms with Crippen LogP contribution in [0.2, 0.25) is 5.02 Å². The van der Waals surface area contributed by atoms with E-state index in [1.54, 1.807) is 6.92 Å². The number of anilines is 1. The van der Waals surface area contributed by atoms with Gasteiger partial charge in [-0.1, -0.05) is 35.3 Å². The van der Waals surface area contributed by atoms with E-state index in [0.717, 1.165) is 12.1 Å². The Morgan fingerprint density at radius 2 is 1.67 bits per heavy atom. The molecule has 2 rings (SSSR count). The number of nitrogens with one attached hydrogen (secondary N) is 1. The van der Waals surface area contributed by atoms with Crippen molar-refractivity contribution in [1.29, 1.82) is 0 Å². The largest absolute Gasteiger partial charge is 0.451 e. The molecule has 1 heterocycles. The average Bonchev–Trinajstić information content (AvgIpc) is 2.62. The molecule has 0 spiro atoms. The number of hydrogen-bond acceptors (Lipinski definition) is 3. The van der Waals surface area contributed by atoms with E-state index >= 15 is 0 Å². The second kappa shape index (κ2) is 9.13. The van der Waals surface area contributed by atoms with E-state index < -0.39 is 34.8 Å². The first-order valence-electron chi connectivity index (χ1n) is 8.01. The maximum Gasteiger partial charge on any atom is 0.451 e. The number of rotatable bonds is 5. The summed E-state index contributed by atoms with van der Waals surface area (Å²) in [6, 6.07) is 5.91. The number of hydrogen-bond donors (Lipinski definition) is 1. The quantitative estimate of drug-likeness (QED) is 0.417. The molecule has 1 amide bonds. The predicted octanol–water partition coefficient (Wildman–Crippen LogP) is 6.18. The lowest BCUT2D eigenvalue weighted by Gasteiger charge is -2.17. The Labute approximate surface area is 176 Å². The summed E-state index contributed by atoms with van der Waals surface area (Å²) < 4.78 is 80.6. The Bertz CT molecular complexity index is 957. The van der Waals surface area contributed by atoms with Crippen molar-refractivity contribution in [3.05, 3.63) is 63.6 Å². The number of allylic oxidation sites excluding steroid dienone is 2. The number of carbonyl (C=O) groups excluding carboxylic acids is 1. The molecule has 0 radical (unpaired) electrons. The van der Waals surface area contributed by atoms with Crippen LogP contribution in [0.3, 0.4) is 0 Å². The summed E-state index contributed by atoms with van der Waals surface area (Å²) in [7, 11) is 0. The maximum absolute atomic E-state index is 12.9. The zero-order chi connectivity index (χ0) is 22.7. The van der Waals surface area contributed by atoms with Crippen LogP contribution >= 0.6 is 23.2 Å². The van der Waals surface area contributed by atoms with E-state index in [-0.39, 0.29) is 11.4 Å². The normalized spacial score (nSPS) is 13.0. The van der Waals surface area contributed by atoms with Gasteiger partial charge in [0.15, 0.2) is 5.03 Å². The number of aryl methyl sites for hydroxylation is 1. The van der Waals surface area contributed by atoms with Crippen molar-refractivity contribution < 1.29 is 35.9 Å². The minimum Gasteiger partial charge on any atom is -0.451 e. The van der Waals surface area contributed by atoms with Crippen molar-refractivity contribution in [3.63, 3.8) is 0 Å². The van der Waals surface area contributed by atoms with Crippen LogP contribution in [-0.4, -0.2) is 23.2 Å². The van der Waals surface area contributed by atoms with Gasteiger partial charge in [-0.05, 0) is 30.7 Å². The van der Waals surface area contributed by atoms with Crippen LogP contribution in [0.1, 0.15) is 11.3 Å². The summed E-state index contributed by atoms with van der Waals surface area (Å²) in [5.41, 5.74) is 1.19. The van der Waals surface area contributed by atoms with Gasteiger partial charge in [0.2, 0.25) is 11.7 Å². The molecule has 1 aromatic carbocycles. The molecule has 1 aromatic heterocycles. The first-order valence-corrected chi connectivity index (χ1v) is 8.76. The highest BCUT2D eigenvalue weighted by Gasteiger charge is 2.47. The maximum atomic E-state index is 12.9. The van der Waals surface area contributed by atoms with Gasteiger partial charge in [0.1, 0.15) is 5.75 Å². The zero-order valence-electron chi connectivity index (χ0n) is 15.0. The molecule has 0 fully saturated rings. The first kappa shape index (κ1) is 23.8. The van der Waals surface area contributed by atoms with Crippen LogP contribution in [0, 0.1) is 6.92 Å². The number of benzene rings is 1. The molecule has 1 N–H and O–H groups in total. The fourth-order valence-electron chi connectivity index (χ4n) is 2.17. The van der Waals surface area contributed by atoms with Gasteiger partial charge in [-0.2, -0.15) is 26.3 Å². The number of ether oxygens (including phenoxy) is 1. The SMILES string of the molecule is Cc1nccc(NC(=O)Cc2ccc(O/C(=C(/Cl)C(F)(F)F)C(F)(F)F)cc2)c1Cl. The van der Waals surface area contributed by atoms with Gasteiger partial charge in [0.05, 0.1) is 22.8 Å². The number of halogens is 8. The van der Waals surface area contributed by atoms with Gasteiger partial charge in [-0.3, -0.25) is 9.78 Å². The molecule has 4 nitrogen and oxygen atoms in total. The van der Waals surface area contributed by atoms with Crippen LogP contribution < -0.4 is 10.1 Å². The van der Waals surface area contributed by atoms with E-state index in [2.05, 4.69) is 15.0 Å². The Hall–Kier alpha value is -2.46. The van der Waals surface area contributed by atoms with Crippen LogP contribution in [0.25, 0.3) is 0 Å². The lowest BCUT2D eigenvalue weighted by atomic mass is 10.1. The molecule has 0 saturated carbocycles. The van der Waals surface area contributed by atoms with E-state index in [0.29, 0.717) is 16.9 Å². The number of nitrogens with zero attached hydrogens (tertiary/aromatic N) is 1. The summed E-state index contributed by atoms with van der Waals surface area (Å²) >= 11 is 10.8. The molecule has 0 aliphatic rings. The average molecular weight is 473 g/mol. The fourth-order valence-corrected chi connectivity index (χ4v) is 2.48. The molecule has 0 atom stereocenters. The monoisotopic (exact) mass is 472 g/mol. The van der Waals surface area contributed by atoms with Crippen LogP contribution in [0.5, 0.6) is 5.75 Å². The summed E-state index contributed by atoms with van der Waals surface area (Å²) in [5, 5.41) is 0.382. The van der Waals surface area contributed by atoms with Gasteiger partial charge >= 0.3 is 12.4 Å². The van der Waals surface area contributed by atoms with Crippen molar-refractivity contribution in [2.24, 2.45) is 0 Å². The number of amides is 1. The number of pyridine rings is 1.